The molecular weight excluding hydrogens is 760 g/mol. The summed E-state index contributed by atoms with van der Waals surface area (Å²) in [4.78, 5) is 40.6. The third-order valence-corrected chi connectivity index (χ3v) is 11.1. The number of esters is 1. The van der Waals surface area contributed by atoms with Crippen LogP contribution in [-0.4, -0.2) is 96.4 Å². The lowest BCUT2D eigenvalue weighted by atomic mass is 9.95. The Labute approximate surface area is 328 Å². The molecular formula is C42H40O16. The smallest absolute Gasteiger partial charge is 0.348 e. The van der Waals surface area contributed by atoms with Crippen LogP contribution in [0.25, 0.3) is 43.5 Å². The van der Waals surface area contributed by atoms with Gasteiger partial charge in [-0.25, -0.2) is 9.59 Å². The van der Waals surface area contributed by atoms with Gasteiger partial charge in [0.2, 0.25) is 6.29 Å². The first-order valence-corrected chi connectivity index (χ1v) is 18.9. The molecule has 3 saturated heterocycles. The molecule has 16 heteroatoms. The van der Waals surface area contributed by atoms with Crippen molar-refractivity contribution in [1.82, 2.24) is 0 Å². The lowest BCUT2D eigenvalue weighted by molar-refractivity contribution is -0.346. The fourth-order valence-corrected chi connectivity index (χ4v) is 8.32. The van der Waals surface area contributed by atoms with Gasteiger partial charge in [0.15, 0.2) is 30.0 Å². The highest BCUT2D eigenvalue weighted by atomic mass is 16.8. The third kappa shape index (κ3) is 6.23. The third-order valence-electron chi connectivity index (χ3n) is 11.1. The van der Waals surface area contributed by atoms with Crippen molar-refractivity contribution < 1.29 is 66.8 Å². The zero-order chi connectivity index (χ0) is 40.6. The molecule has 16 nitrogen and oxygen atoms in total. The Morgan fingerprint density at radius 2 is 1.48 bits per heavy atom. The second kappa shape index (κ2) is 15.0. The van der Waals surface area contributed by atoms with Crippen molar-refractivity contribution in [2.45, 2.75) is 94.9 Å². The number of rotatable bonds is 9. The summed E-state index contributed by atoms with van der Waals surface area (Å²) in [5.74, 6) is -0.970. The first-order chi connectivity index (χ1) is 28.0. The van der Waals surface area contributed by atoms with Crippen molar-refractivity contribution in [1.29, 1.82) is 0 Å². The molecule has 5 heterocycles. The van der Waals surface area contributed by atoms with E-state index in [1.165, 1.54) is 7.11 Å². The van der Waals surface area contributed by atoms with E-state index < -0.39 is 91.5 Å². The number of fused-ring (bicyclic) bond motifs is 3. The normalized spacial score (nSPS) is 30.0. The van der Waals surface area contributed by atoms with Crippen LogP contribution in [0.3, 0.4) is 0 Å². The summed E-state index contributed by atoms with van der Waals surface area (Å²) >= 11 is 0. The highest BCUT2D eigenvalue weighted by Crippen LogP contribution is 2.47. The largest absolute Gasteiger partial charge is 0.461 e. The van der Waals surface area contributed by atoms with E-state index in [-0.39, 0.29) is 61.4 Å². The molecule has 4 aromatic carbocycles. The highest BCUT2D eigenvalue weighted by Gasteiger charge is 2.56. The molecule has 3 N–H and O–H groups in total. The van der Waals surface area contributed by atoms with E-state index in [2.05, 4.69) is 0 Å². The molecule has 11 atom stereocenters. The summed E-state index contributed by atoms with van der Waals surface area (Å²) in [6.45, 7) is 4.60. The Balaban J connectivity index is 1.22. The van der Waals surface area contributed by atoms with Crippen LogP contribution < -0.4 is 20.7 Å². The van der Waals surface area contributed by atoms with Crippen molar-refractivity contribution >= 4 is 49.5 Å². The fraction of sp³-hybridized carbons (Fsp3) is 0.405. The Bertz CT molecular complexity index is 2620. The second-order valence-electron chi connectivity index (χ2n) is 14.7. The molecule has 2 aromatic heterocycles. The van der Waals surface area contributed by atoms with Gasteiger partial charge < -0.3 is 62.0 Å². The van der Waals surface area contributed by atoms with Crippen LogP contribution in [0, 0.1) is 6.92 Å². The van der Waals surface area contributed by atoms with E-state index in [0.29, 0.717) is 5.56 Å². The van der Waals surface area contributed by atoms with E-state index in [4.69, 9.17) is 46.7 Å². The number of aliphatic hydroxyl groups excluding tert-OH is 3. The van der Waals surface area contributed by atoms with E-state index in [9.17, 15) is 29.7 Å². The van der Waals surface area contributed by atoms with E-state index in [1.54, 1.807) is 51.1 Å². The summed E-state index contributed by atoms with van der Waals surface area (Å²) in [6, 6.07) is 17.2. The average Bonchev–Trinajstić information content (AvgIpc) is 3.66. The second-order valence-corrected chi connectivity index (χ2v) is 14.7. The molecule has 0 saturated carbocycles. The molecule has 9 rings (SSSR count). The van der Waals surface area contributed by atoms with Crippen LogP contribution in [0.15, 0.2) is 79.1 Å². The van der Waals surface area contributed by atoms with Gasteiger partial charge in [-0.15, -0.1) is 0 Å². The minimum absolute atomic E-state index is 0.0517. The average molecular weight is 801 g/mol. The fourth-order valence-electron chi connectivity index (χ4n) is 8.32. The zero-order valence-electron chi connectivity index (χ0n) is 31.7. The molecule has 304 valence electrons. The predicted octanol–water partition coefficient (Wildman–Crippen LogP) is 3.71. The number of ether oxygens (including phenoxy) is 8. The van der Waals surface area contributed by atoms with Crippen molar-refractivity contribution in [2.24, 2.45) is 0 Å². The number of aliphatic hydroxyl groups is 3. The summed E-state index contributed by atoms with van der Waals surface area (Å²) in [6.07, 6.45) is -11.8. The highest BCUT2D eigenvalue weighted by molar-refractivity contribution is 6.29. The zero-order valence-corrected chi connectivity index (χ0v) is 31.7. The lowest BCUT2D eigenvalue weighted by Gasteiger charge is -2.45. The number of carbonyl (C=O) groups excluding carboxylic acids is 1. The van der Waals surface area contributed by atoms with Gasteiger partial charge in [-0.1, -0.05) is 48.5 Å². The van der Waals surface area contributed by atoms with Gasteiger partial charge in [0.25, 0.3) is 0 Å². The van der Waals surface area contributed by atoms with Crippen LogP contribution in [0.2, 0.25) is 0 Å². The maximum atomic E-state index is 13.8. The van der Waals surface area contributed by atoms with E-state index in [0.717, 1.165) is 5.56 Å². The number of hydrogen-bond acceptors (Lipinski definition) is 16. The molecule has 3 aliphatic rings. The Hall–Kier alpha value is -5.01. The van der Waals surface area contributed by atoms with Gasteiger partial charge in [0, 0.05) is 28.8 Å². The summed E-state index contributed by atoms with van der Waals surface area (Å²) in [5.41, 5.74) is -0.221. The van der Waals surface area contributed by atoms with Crippen molar-refractivity contribution in [3.8, 4) is 11.5 Å². The molecule has 6 aromatic rings. The topological polar surface area (TPSA) is 212 Å². The van der Waals surface area contributed by atoms with Crippen molar-refractivity contribution in [3.05, 3.63) is 92.6 Å². The maximum Gasteiger partial charge on any atom is 0.348 e. The minimum Gasteiger partial charge on any atom is -0.461 e. The van der Waals surface area contributed by atoms with Crippen molar-refractivity contribution in [2.75, 3.05) is 13.7 Å². The number of benzene rings is 4. The molecule has 0 unspecified atom stereocenters. The molecule has 0 spiro atoms. The maximum absolute atomic E-state index is 13.8. The first kappa shape index (κ1) is 38.5. The van der Waals surface area contributed by atoms with Gasteiger partial charge >= 0.3 is 17.2 Å². The quantitative estimate of drug-likeness (QED) is 0.0625. The molecule has 3 fully saturated rings. The van der Waals surface area contributed by atoms with Crippen LogP contribution in [-0.2, 0) is 33.2 Å². The van der Waals surface area contributed by atoms with Crippen LogP contribution in [0.4, 0.5) is 0 Å². The van der Waals surface area contributed by atoms with Crippen LogP contribution in [0.5, 0.6) is 11.5 Å². The Morgan fingerprint density at radius 3 is 2.24 bits per heavy atom. The predicted molar refractivity (Wildman–Crippen MR) is 203 cm³/mol. The summed E-state index contributed by atoms with van der Waals surface area (Å²) in [7, 11) is 1.36. The number of carbonyl (C=O) groups is 1. The van der Waals surface area contributed by atoms with Crippen LogP contribution >= 0.6 is 0 Å². The number of methoxy groups -OCH3 is 1. The number of hydrogen-bond donors (Lipinski definition) is 3. The monoisotopic (exact) mass is 800 g/mol. The number of aryl methyl sites for hydroxylation is 1. The van der Waals surface area contributed by atoms with E-state index in [1.807, 2.05) is 30.3 Å². The van der Waals surface area contributed by atoms with Gasteiger partial charge in [-0.05, 0) is 38.5 Å². The molecule has 0 radical (unpaired) electrons. The Morgan fingerprint density at radius 1 is 0.741 bits per heavy atom. The van der Waals surface area contributed by atoms with Crippen molar-refractivity contribution in [3.63, 3.8) is 0 Å². The van der Waals surface area contributed by atoms with Gasteiger partial charge in [-0.3, -0.25) is 4.79 Å². The Kier molecular flexibility index (Phi) is 9.95. The summed E-state index contributed by atoms with van der Waals surface area (Å²) in [5, 5.41) is 32.3. The van der Waals surface area contributed by atoms with E-state index >= 15 is 0 Å². The van der Waals surface area contributed by atoms with Gasteiger partial charge in [-0.2, -0.15) is 0 Å². The molecule has 58 heavy (non-hydrogen) atoms. The minimum atomic E-state index is -1.46. The lowest BCUT2D eigenvalue weighted by Crippen LogP contribution is -2.63. The summed E-state index contributed by atoms with van der Waals surface area (Å²) < 4.78 is 61.6. The molecule has 0 aliphatic carbocycles. The van der Waals surface area contributed by atoms with Gasteiger partial charge in [0.05, 0.1) is 36.0 Å². The molecule has 0 amide bonds. The van der Waals surface area contributed by atoms with Crippen LogP contribution in [0.1, 0.15) is 37.7 Å². The molecule has 3 aliphatic heterocycles. The SMILES string of the molecule is CO[C@H]1[C@@H](O)[C@@H](C)O[C@H](O[C@H]2[C@H](Oc3cccc4c(OC(=O)CCO)c5c(=O)oc6ccc(C)c7c(=O)oc(c34)c5c67)O[C@H](C)[C@@H]3O[C@@H](c4ccccc4)O[C@@H]32)[C@@H]1O. The first-order valence-electron chi connectivity index (χ1n) is 18.9. The standard InChI is InChI=1S/C42H40O16/c1-17-13-14-23-27-25(17)38(47)55-34-26-21(33(54-24(44)15-16-43)29(28(27)34)39(48)52-23)11-8-12-22(26)53-42-37(58-41-31(46)35(49-4)30(45)18(2)50-41)36-32(19(3)51-42)56-40(57-36)20-9-6-5-7-10-20/h5-14,18-19,30-32,35-37,40-43,45-46H,15-16H2,1-4H3/t18-,19-,30+,31-,32+,35+,36+,37-,40-,41-,42+/m1/s1. The molecule has 0 bridgehead atoms. The van der Waals surface area contributed by atoms with Gasteiger partial charge in [0.1, 0.15) is 47.2 Å².